The molecule has 174 valence electrons. The maximum atomic E-state index is 12.9. The van der Waals surface area contributed by atoms with Crippen LogP contribution in [0.1, 0.15) is 11.3 Å². The van der Waals surface area contributed by atoms with Crippen molar-refractivity contribution in [3.63, 3.8) is 0 Å². The molecule has 1 saturated heterocycles. The van der Waals surface area contributed by atoms with E-state index < -0.39 is 24.4 Å². The van der Waals surface area contributed by atoms with Gasteiger partial charge in [0.1, 0.15) is 12.2 Å². The van der Waals surface area contributed by atoms with Crippen molar-refractivity contribution in [1.29, 1.82) is 0 Å². The van der Waals surface area contributed by atoms with Crippen LogP contribution in [-0.2, 0) is 9.59 Å². The van der Waals surface area contributed by atoms with Gasteiger partial charge in [-0.05, 0) is 54.6 Å². The molecule has 35 heavy (non-hydrogen) atoms. The Balaban J connectivity index is 1.33. The molecule has 11 nitrogen and oxygen atoms in total. The van der Waals surface area contributed by atoms with Gasteiger partial charge in [0.25, 0.3) is 5.91 Å². The average Bonchev–Trinajstić information content (AvgIpc) is 3.60. The lowest BCUT2D eigenvalue weighted by Gasteiger charge is -2.12. The average molecular weight is 468 g/mol. The Morgan fingerprint density at radius 3 is 2.69 bits per heavy atom. The van der Waals surface area contributed by atoms with Crippen LogP contribution in [0.25, 0.3) is 23.2 Å². The summed E-state index contributed by atoms with van der Waals surface area (Å²) in [5.41, 5.74) is 3.94. The summed E-state index contributed by atoms with van der Waals surface area (Å²) in [6.45, 7) is 1.54. The number of aryl methyl sites for hydroxylation is 1. The van der Waals surface area contributed by atoms with Crippen LogP contribution in [-0.4, -0.2) is 54.5 Å². The lowest BCUT2D eigenvalue weighted by atomic mass is 10.2. The van der Waals surface area contributed by atoms with Gasteiger partial charge in [0.15, 0.2) is 0 Å². The maximum absolute atomic E-state index is 12.9. The van der Waals surface area contributed by atoms with Gasteiger partial charge < -0.3 is 15.2 Å². The van der Waals surface area contributed by atoms with E-state index in [-0.39, 0.29) is 5.70 Å². The zero-order valence-corrected chi connectivity index (χ0v) is 18.6. The number of tetrazole rings is 1. The van der Waals surface area contributed by atoms with Gasteiger partial charge in [-0.3, -0.25) is 9.59 Å². The van der Waals surface area contributed by atoms with E-state index >= 15 is 0 Å². The smallest absolute Gasteiger partial charge is 0.325 e. The summed E-state index contributed by atoms with van der Waals surface area (Å²) in [7, 11) is 0. The topological polar surface area (TPSA) is 138 Å². The Bertz CT molecular complexity index is 1440. The van der Waals surface area contributed by atoms with Crippen LogP contribution in [0.15, 0.2) is 72.6 Å². The monoisotopic (exact) mass is 468 g/mol. The van der Waals surface area contributed by atoms with Crippen molar-refractivity contribution < 1.29 is 14.4 Å². The number of aromatic amines is 1. The molecule has 5 rings (SSSR count). The first-order valence-corrected chi connectivity index (χ1v) is 10.7. The number of rotatable bonds is 6. The van der Waals surface area contributed by atoms with E-state index in [0.29, 0.717) is 17.2 Å². The number of benzene rings is 2. The van der Waals surface area contributed by atoms with Crippen LogP contribution in [0.5, 0.6) is 0 Å². The second-order valence-corrected chi connectivity index (χ2v) is 7.88. The second-order valence-electron chi connectivity index (χ2n) is 7.88. The van der Waals surface area contributed by atoms with E-state index in [4.69, 9.17) is 0 Å². The standard InChI is InChI=1S/C24H20N8O3/c1-15-7-9-17(10-8-15)25-21(33)14-32-23(34)20(26-24(32)35)13-19-6-3-11-31(19)18-5-2-4-16(12-18)22-27-29-30-28-22/h2-13H,14H2,1H3,(H,25,33)(H,26,35)(H,27,28,29,30)/b20-13-. The Morgan fingerprint density at radius 1 is 1.09 bits per heavy atom. The lowest BCUT2D eigenvalue weighted by molar-refractivity contribution is -0.127. The number of carbonyl (C=O) groups excluding carboxylic acids is 3. The molecule has 1 aliphatic rings. The third-order valence-electron chi connectivity index (χ3n) is 5.40. The summed E-state index contributed by atoms with van der Waals surface area (Å²) in [6.07, 6.45) is 3.40. The molecule has 4 amide bonds. The number of amides is 4. The molecule has 0 radical (unpaired) electrons. The summed E-state index contributed by atoms with van der Waals surface area (Å²) < 4.78 is 1.85. The molecular formula is C24H20N8O3. The van der Waals surface area contributed by atoms with Crippen molar-refractivity contribution in [2.45, 2.75) is 6.92 Å². The van der Waals surface area contributed by atoms with Gasteiger partial charge in [-0.1, -0.05) is 29.8 Å². The summed E-state index contributed by atoms with van der Waals surface area (Å²) in [6, 6.07) is 17.7. The maximum Gasteiger partial charge on any atom is 0.329 e. The lowest BCUT2D eigenvalue weighted by Crippen LogP contribution is -2.38. The van der Waals surface area contributed by atoms with Gasteiger partial charge in [0.05, 0.1) is 0 Å². The molecule has 0 bridgehead atoms. The molecule has 2 aromatic carbocycles. The van der Waals surface area contributed by atoms with E-state index in [1.54, 1.807) is 24.3 Å². The number of anilines is 1. The van der Waals surface area contributed by atoms with Crippen molar-refractivity contribution >= 4 is 29.6 Å². The van der Waals surface area contributed by atoms with Crippen molar-refractivity contribution in [2.24, 2.45) is 0 Å². The summed E-state index contributed by atoms with van der Waals surface area (Å²) in [5.74, 6) is -0.598. The van der Waals surface area contributed by atoms with Crippen molar-refractivity contribution in [1.82, 2.24) is 35.4 Å². The Hall–Kier alpha value is -5.06. The molecule has 1 aliphatic heterocycles. The van der Waals surface area contributed by atoms with Gasteiger partial charge in [-0.25, -0.2) is 9.69 Å². The van der Waals surface area contributed by atoms with Crippen LogP contribution in [0.2, 0.25) is 0 Å². The Kier molecular flexibility index (Phi) is 5.63. The third kappa shape index (κ3) is 4.55. The number of imide groups is 1. The fourth-order valence-electron chi connectivity index (χ4n) is 3.67. The second kappa shape index (κ2) is 9.06. The van der Waals surface area contributed by atoms with Crippen molar-refractivity contribution in [3.8, 4) is 17.1 Å². The first-order chi connectivity index (χ1) is 17.0. The number of carbonyl (C=O) groups is 3. The number of nitrogens with one attached hydrogen (secondary N) is 3. The largest absolute Gasteiger partial charge is 0.329 e. The predicted molar refractivity (Wildman–Crippen MR) is 127 cm³/mol. The highest BCUT2D eigenvalue weighted by atomic mass is 16.2. The first-order valence-electron chi connectivity index (χ1n) is 10.7. The normalized spacial score (nSPS) is 14.4. The van der Waals surface area contributed by atoms with Crippen LogP contribution in [0.3, 0.4) is 0 Å². The van der Waals surface area contributed by atoms with E-state index in [1.165, 1.54) is 0 Å². The zero-order valence-electron chi connectivity index (χ0n) is 18.6. The van der Waals surface area contributed by atoms with Crippen LogP contribution in [0, 0.1) is 6.92 Å². The molecule has 0 unspecified atom stereocenters. The van der Waals surface area contributed by atoms with Gasteiger partial charge in [0.2, 0.25) is 11.7 Å². The van der Waals surface area contributed by atoms with Gasteiger partial charge in [-0.15, -0.1) is 10.2 Å². The fourth-order valence-corrected chi connectivity index (χ4v) is 3.67. The highest BCUT2D eigenvalue weighted by Gasteiger charge is 2.35. The third-order valence-corrected chi connectivity index (χ3v) is 5.40. The van der Waals surface area contributed by atoms with Crippen LogP contribution >= 0.6 is 0 Å². The molecule has 3 heterocycles. The van der Waals surface area contributed by atoms with Crippen molar-refractivity contribution in [3.05, 3.63) is 83.8 Å². The number of hydrogen-bond donors (Lipinski definition) is 3. The molecule has 1 fully saturated rings. The first kappa shape index (κ1) is 21.8. The van der Waals surface area contributed by atoms with E-state index in [2.05, 4.69) is 31.3 Å². The number of H-pyrrole nitrogens is 1. The summed E-state index contributed by atoms with van der Waals surface area (Å²) in [4.78, 5) is 38.6. The minimum Gasteiger partial charge on any atom is -0.325 e. The highest BCUT2D eigenvalue weighted by Crippen LogP contribution is 2.22. The van der Waals surface area contributed by atoms with Gasteiger partial charge in [0, 0.05) is 28.8 Å². The molecule has 0 spiro atoms. The number of nitrogens with zero attached hydrogens (tertiary/aromatic N) is 5. The van der Waals surface area contributed by atoms with Crippen molar-refractivity contribution in [2.75, 3.05) is 11.9 Å². The van der Waals surface area contributed by atoms with E-state index in [9.17, 15) is 14.4 Å². The molecule has 4 aromatic rings. The number of hydrogen-bond acceptors (Lipinski definition) is 6. The number of urea groups is 1. The molecule has 0 saturated carbocycles. The SMILES string of the molecule is Cc1ccc(NC(=O)CN2C(=O)N/C(=C\c3cccn3-c3cccc(-c4nn[nH]n4)c3)C2=O)cc1. The van der Waals surface area contributed by atoms with Crippen LogP contribution < -0.4 is 10.6 Å². The van der Waals surface area contributed by atoms with Gasteiger partial charge in [-0.2, -0.15) is 5.21 Å². The quantitative estimate of drug-likeness (QED) is 0.294. The zero-order chi connectivity index (χ0) is 24.4. The Labute approximate surface area is 199 Å². The molecule has 3 N–H and O–H groups in total. The van der Waals surface area contributed by atoms with E-state index in [0.717, 1.165) is 21.7 Å². The van der Waals surface area contributed by atoms with Crippen LogP contribution in [0.4, 0.5) is 10.5 Å². The Morgan fingerprint density at radius 2 is 1.91 bits per heavy atom. The van der Waals surface area contributed by atoms with E-state index in [1.807, 2.05) is 60.2 Å². The molecule has 2 aromatic heterocycles. The highest BCUT2D eigenvalue weighted by molar-refractivity contribution is 6.15. The molecule has 0 atom stereocenters. The summed E-state index contributed by atoms with van der Waals surface area (Å²) >= 11 is 0. The minimum atomic E-state index is -0.655. The minimum absolute atomic E-state index is 0.0763. The number of aromatic nitrogens is 5. The molecule has 11 heteroatoms. The molecular weight excluding hydrogens is 448 g/mol. The predicted octanol–water partition coefficient (Wildman–Crippen LogP) is 2.50. The fraction of sp³-hybridized carbons (Fsp3) is 0.0833. The summed E-state index contributed by atoms with van der Waals surface area (Å²) in [5, 5.41) is 19.2. The molecule has 0 aliphatic carbocycles. The van der Waals surface area contributed by atoms with Gasteiger partial charge >= 0.3 is 6.03 Å².